The second-order valence-corrected chi connectivity index (χ2v) is 4.62. The van der Waals surface area contributed by atoms with Crippen LogP contribution in [0.4, 0.5) is 5.82 Å². The highest BCUT2D eigenvalue weighted by Crippen LogP contribution is 2.15. The Bertz CT molecular complexity index is 599. The highest BCUT2D eigenvalue weighted by Gasteiger charge is 2.08. The van der Waals surface area contributed by atoms with Crippen LogP contribution in [0.25, 0.3) is 10.9 Å². The predicted molar refractivity (Wildman–Crippen MR) is 78.6 cm³/mol. The Hall–Kier alpha value is -2.14. The number of nitrogens with one attached hydrogen (secondary N) is 3. The molecule has 0 aliphatic heterocycles. The Morgan fingerprint density at radius 1 is 1.30 bits per heavy atom. The van der Waals surface area contributed by atoms with Crippen molar-refractivity contribution in [3.05, 3.63) is 35.9 Å². The van der Waals surface area contributed by atoms with Gasteiger partial charge in [0.2, 0.25) is 5.91 Å². The molecule has 0 atom stereocenters. The number of para-hydroxylation sites is 1. The summed E-state index contributed by atoms with van der Waals surface area (Å²) in [4.78, 5) is 14.6. The Balaban J connectivity index is 1.93. The number of hydrogen-bond donors (Lipinski definition) is 2. The van der Waals surface area contributed by atoms with E-state index in [4.69, 9.17) is 4.74 Å². The molecule has 0 aliphatic rings. The molecule has 0 saturated heterocycles. The fraction of sp³-hybridized carbons (Fsp3) is 0.333. The Labute approximate surface area is 118 Å². The SMILES string of the molecule is COCC(=O)NCCNc1[nH+]c2ccccc2cc1C. The molecule has 0 spiro atoms. The number of rotatable bonds is 6. The van der Waals surface area contributed by atoms with Gasteiger partial charge in [-0.2, -0.15) is 0 Å². The van der Waals surface area contributed by atoms with Gasteiger partial charge in [0, 0.05) is 18.1 Å². The molecule has 0 unspecified atom stereocenters. The van der Waals surface area contributed by atoms with E-state index in [1.165, 1.54) is 12.5 Å². The molecule has 0 saturated carbocycles. The van der Waals surface area contributed by atoms with Gasteiger partial charge in [-0.15, -0.1) is 0 Å². The number of aromatic amines is 1. The van der Waals surface area contributed by atoms with E-state index in [1.807, 2.05) is 18.2 Å². The molecule has 0 aliphatic carbocycles. The molecule has 5 heteroatoms. The lowest BCUT2D eigenvalue weighted by molar-refractivity contribution is -0.327. The molecule has 1 amide bonds. The molecular weight excluding hydrogens is 254 g/mol. The number of H-pyrrole nitrogens is 1. The van der Waals surface area contributed by atoms with Crippen LogP contribution in [0.1, 0.15) is 5.56 Å². The molecule has 0 fully saturated rings. The summed E-state index contributed by atoms with van der Waals surface area (Å²) in [5, 5.41) is 7.25. The van der Waals surface area contributed by atoms with Crippen LogP contribution in [0.2, 0.25) is 0 Å². The third-order valence-corrected chi connectivity index (χ3v) is 3.01. The standard InChI is InChI=1S/C15H19N3O2/c1-11-9-12-5-3-4-6-13(12)18-15(11)17-8-7-16-14(19)10-20-2/h3-6,9H,7-8,10H2,1-2H3,(H,16,19)(H,17,18)/p+1. The summed E-state index contributed by atoms with van der Waals surface area (Å²) in [5.74, 6) is 0.873. The van der Waals surface area contributed by atoms with Crippen LogP contribution in [0.3, 0.4) is 0 Å². The number of fused-ring (bicyclic) bond motifs is 1. The van der Waals surface area contributed by atoms with Gasteiger partial charge < -0.3 is 10.1 Å². The first-order valence-corrected chi connectivity index (χ1v) is 6.62. The van der Waals surface area contributed by atoms with Crippen LogP contribution in [-0.2, 0) is 9.53 Å². The maximum absolute atomic E-state index is 11.2. The number of carbonyl (C=O) groups is 1. The number of hydrogen-bond acceptors (Lipinski definition) is 3. The Morgan fingerprint density at radius 3 is 2.90 bits per heavy atom. The Kier molecular flexibility index (Phi) is 4.90. The number of amides is 1. The highest BCUT2D eigenvalue weighted by molar-refractivity contribution is 5.78. The van der Waals surface area contributed by atoms with Crippen molar-refractivity contribution < 1.29 is 14.5 Å². The van der Waals surface area contributed by atoms with E-state index >= 15 is 0 Å². The molecule has 1 heterocycles. The van der Waals surface area contributed by atoms with E-state index in [0.717, 1.165) is 16.9 Å². The normalized spacial score (nSPS) is 10.5. The number of aromatic nitrogens is 1. The minimum atomic E-state index is -0.103. The van der Waals surface area contributed by atoms with E-state index < -0.39 is 0 Å². The van der Waals surface area contributed by atoms with Gasteiger partial charge in [-0.1, -0.05) is 18.2 Å². The monoisotopic (exact) mass is 274 g/mol. The third kappa shape index (κ3) is 3.68. The largest absolute Gasteiger partial charge is 0.375 e. The molecule has 5 nitrogen and oxygen atoms in total. The number of anilines is 1. The first-order valence-electron chi connectivity index (χ1n) is 6.62. The molecule has 106 valence electrons. The van der Waals surface area contributed by atoms with Crippen LogP contribution in [0, 0.1) is 6.92 Å². The van der Waals surface area contributed by atoms with Crippen molar-refractivity contribution in [2.24, 2.45) is 0 Å². The first kappa shape index (κ1) is 14.3. The average Bonchev–Trinajstić information content (AvgIpc) is 2.44. The minimum Gasteiger partial charge on any atom is -0.375 e. The topological polar surface area (TPSA) is 64.5 Å². The lowest BCUT2D eigenvalue weighted by Gasteiger charge is -2.05. The zero-order valence-electron chi connectivity index (χ0n) is 11.8. The van der Waals surface area contributed by atoms with Crippen LogP contribution < -0.4 is 15.6 Å². The van der Waals surface area contributed by atoms with Gasteiger partial charge in [0.1, 0.15) is 18.7 Å². The average molecular weight is 274 g/mol. The van der Waals surface area contributed by atoms with Gasteiger partial charge in [0.05, 0.1) is 6.54 Å². The van der Waals surface area contributed by atoms with Crippen molar-refractivity contribution in [2.45, 2.75) is 6.92 Å². The quantitative estimate of drug-likeness (QED) is 0.776. The van der Waals surface area contributed by atoms with Crippen LogP contribution in [0.15, 0.2) is 30.3 Å². The number of benzene rings is 1. The van der Waals surface area contributed by atoms with Crippen LogP contribution in [-0.4, -0.2) is 32.7 Å². The number of methoxy groups -OCH3 is 1. The molecule has 20 heavy (non-hydrogen) atoms. The van der Waals surface area contributed by atoms with Crippen molar-refractivity contribution >= 4 is 22.6 Å². The van der Waals surface area contributed by atoms with Crippen LogP contribution >= 0.6 is 0 Å². The van der Waals surface area contributed by atoms with Gasteiger partial charge >= 0.3 is 0 Å². The fourth-order valence-electron chi connectivity index (χ4n) is 2.03. The maximum atomic E-state index is 11.2. The summed E-state index contributed by atoms with van der Waals surface area (Å²) in [6.07, 6.45) is 0. The summed E-state index contributed by atoms with van der Waals surface area (Å²) < 4.78 is 4.75. The Morgan fingerprint density at radius 2 is 2.10 bits per heavy atom. The van der Waals surface area contributed by atoms with Crippen molar-refractivity contribution in [1.29, 1.82) is 0 Å². The van der Waals surface area contributed by atoms with Crippen molar-refractivity contribution in [1.82, 2.24) is 5.32 Å². The summed E-state index contributed by atoms with van der Waals surface area (Å²) in [7, 11) is 1.51. The zero-order valence-corrected chi connectivity index (χ0v) is 11.8. The summed E-state index contributed by atoms with van der Waals surface area (Å²) in [5.41, 5.74) is 2.23. The second kappa shape index (κ2) is 6.86. The maximum Gasteiger partial charge on any atom is 0.275 e. The van der Waals surface area contributed by atoms with Gasteiger partial charge in [-0.3, -0.25) is 10.1 Å². The van der Waals surface area contributed by atoms with E-state index in [2.05, 4.69) is 34.7 Å². The molecular formula is C15H20N3O2+. The van der Waals surface area contributed by atoms with Crippen LogP contribution in [0.5, 0.6) is 0 Å². The van der Waals surface area contributed by atoms with Gasteiger partial charge in [-0.25, -0.2) is 4.98 Å². The zero-order chi connectivity index (χ0) is 14.4. The molecule has 1 aromatic heterocycles. The number of aryl methyl sites for hydroxylation is 1. The summed E-state index contributed by atoms with van der Waals surface area (Å²) >= 11 is 0. The van der Waals surface area contributed by atoms with Gasteiger partial charge in [0.15, 0.2) is 0 Å². The lowest BCUT2D eigenvalue weighted by atomic mass is 10.1. The first-order chi connectivity index (χ1) is 9.70. The highest BCUT2D eigenvalue weighted by atomic mass is 16.5. The molecule has 2 rings (SSSR count). The smallest absolute Gasteiger partial charge is 0.275 e. The molecule has 1 aromatic carbocycles. The molecule has 2 aromatic rings. The molecule has 0 bridgehead atoms. The van der Waals surface area contributed by atoms with E-state index in [9.17, 15) is 4.79 Å². The summed E-state index contributed by atoms with van der Waals surface area (Å²) in [6.45, 7) is 3.36. The lowest BCUT2D eigenvalue weighted by Crippen LogP contribution is -2.32. The second-order valence-electron chi connectivity index (χ2n) is 4.62. The van der Waals surface area contributed by atoms with E-state index in [-0.39, 0.29) is 12.5 Å². The fourth-order valence-corrected chi connectivity index (χ4v) is 2.03. The van der Waals surface area contributed by atoms with E-state index in [1.54, 1.807) is 0 Å². The van der Waals surface area contributed by atoms with Gasteiger partial charge in [0.25, 0.3) is 5.82 Å². The van der Waals surface area contributed by atoms with Crippen molar-refractivity contribution in [3.8, 4) is 0 Å². The third-order valence-electron chi connectivity index (χ3n) is 3.01. The van der Waals surface area contributed by atoms with E-state index in [0.29, 0.717) is 13.1 Å². The van der Waals surface area contributed by atoms with Crippen molar-refractivity contribution in [2.75, 3.05) is 32.1 Å². The predicted octanol–water partition coefficient (Wildman–Crippen LogP) is 1.14. The number of carbonyl (C=O) groups excluding carboxylic acids is 1. The number of ether oxygens (including phenoxy) is 1. The summed E-state index contributed by atoms with van der Waals surface area (Å²) in [6, 6.07) is 10.3. The molecule has 3 N–H and O–H groups in total. The minimum absolute atomic E-state index is 0.0983. The number of pyridine rings is 1. The molecule has 0 radical (unpaired) electrons. The van der Waals surface area contributed by atoms with Crippen molar-refractivity contribution in [3.63, 3.8) is 0 Å². The van der Waals surface area contributed by atoms with Gasteiger partial charge in [-0.05, 0) is 19.1 Å².